The molecule has 0 aromatic carbocycles. The first-order valence-corrected chi connectivity index (χ1v) is 7.74. The van der Waals surface area contributed by atoms with Crippen LogP contribution in [-0.4, -0.2) is 54.5 Å². The second-order valence-electron chi connectivity index (χ2n) is 4.71. The molecule has 0 radical (unpaired) electrons. The number of terminal acetylenes is 1. The average molecular weight is 347 g/mol. The van der Waals surface area contributed by atoms with Gasteiger partial charge in [-0.1, -0.05) is 5.92 Å². The third-order valence-electron chi connectivity index (χ3n) is 3.15. The van der Waals surface area contributed by atoms with Crippen LogP contribution in [0.15, 0.2) is 11.0 Å². The van der Waals surface area contributed by atoms with Gasteiger partial charge in [0.1, 0.15) is 24.1 Å². The van der Waals surface area contributed by atoms with Crippen LogP contribution >= 0.6 is 7.82 Å². The summed E-state index contributed by atoms with van der Waals surface area (Å²) < 4.78 is 21.0. The number of phosphoric acid groups is 1. The molecule has 2 rings (SSSR count). The van der Waals surface area contributed by atoms with E-state index in [0.717, 1.165) is 10.8 Å². The third kappa shape index (κ3) is 3.77. The van der Waals surface area contributed by atoms with Crippen molar-refractivity contribution in [1.82, 2.24) is 9.55 Å². The van der Waals surface area contributed by atoms with E-state index in [4.69, 9.17) is 26.7 Å². The van der Waals surface area contributed by atoms with Crippen molar-refractivity contribution < 1.29 is 33.8 Å². The molecule has 0 bridgehead atoms. The molecule has 11 nitrogen and oxygen atoms in total. The maximum absolute atomic E-state index is 11.8. The van der Waals surface area contributed by atoms with E-state index in [1.165, 1.54) is 0 Å². The topological polar surface area (TPSA) is 177 Å². The normalized spacial score (nSPS) is 27.8. The van der Waals surface area contributed by atoms with Crippen LogP contribution in [0.4, 0.5) is 5.82 Å². The lowest BCUT2D eigenvalue weighted by atomic mass is 10.1. The monoisotopic (exact) mass is 347 g/mol. The maximum atomic E-state index is 11.8. The number of aliphatic hydroxyl groups excluding tert-OH is 2. The average Bonchev–Trinajstić information content (AvgIpc) is 2.73. The molecule has 0 saturated carbocycles. The van der Waals surface area contributed by atoms with Gasteiger partial charge in [-0.3, -0.25) is 9.09 Å². The molecule has 4 atom stereocenters. The van der Waals surface area contributed by atoms with Crippen molar-refractivity contribution in [1.29, 1.82) is 0 Å². The first-order valence-electron chi connectivity index (χ1n) is 6.21. The van der Waals surface area contributed by atoms with E-state index in [-0.39, 0.29) is 11.4 Å². The van der Waals surface area contributed by atoms with Crippen LogP contribution in [-0.2, 0) is 13.8 Å². The molecule has 0 amide bonds. The summed E-state index contributed by atoms with van der Waals surface area (Å²) in [7, 11) is -4.78. The lowest BCUT2D eigenvalue weighted by molar-refractivity contribution is -0.0542. The van der Waals surface area contributed by atoms with Crippen LogP contribution in [0.2, 0.25) is 0 Å². The highest BCUT2D eigenvalue weighted by molar-refractivity contribution is 7.46. The van der Waals surface area contributed by atoms with Gasteiger partial charge in [-0.05, 0) is 0 Å². The molecule has 1 aromatic heterocycles. The molecule has 1 aliphatic heterocycles. The van der Waals surface area contributed by atoms with Crippen molar-refractivity contribution >= 4 is 13.6 Å². The highest BCUT2D eigenvalue weighted by Gasteiger charge is 2.45. The van der Waals surface area contributed by atoms with Gasteiger partial charge in [0.2, 0.25) is 0 Å². The number of ether oxygens (including phenoxy) is 1. The lowest BCUT2D eigenvalue weighted by Gasteiger charge is -2.17. The van der Waals surface area contributed by atoms with Crippen molar-refractivity contribution in [3.63, 3.8) is 0 Å². The Labute approximate surface area is 129 Å². The summed E-state index contributed by atoms with van der Waals surface area (Å²) in [5.74, 6) is 2.02. The molecule has 23 heavy (non-hydrogen) atoms. The Bertz CT molecular complexity index is 738. The fourth-order valence-corrected chi connectivity index (χ4v) is 2.38. The Balaban J connectivity index is 2.26. The summed E-state index contributed by atoms with van der Waals surface area (Å²) >= 11 is 0. The van der Waals surface area contributed by atoms with Gasteiger partial charge in [0.15, 0.2) is 6.23 Å². The highest BCUT2D eigenvalue weighted by Crippen LogP contribution is 2.38. The van der Waals surface area contributed by atoms with E-state index >= 15 is 0 Å². The second-order valence-corrected chi connectivity index (χ2v) is 5.95. The molecule has 12 heteroatoms. The molecule has 0 spiro atoms. The summed E-state index contributed by atoms with van der Waals surface area (Å²) in [6.45, 7) is -0.696. The zero-order valence-corrected chi connectivity index (χ0v) is 12.4. The van der Waals surface area contributed by atoms with Gasteiger partial charge in [0, 0.05) is 6.20 Å². The van der Waals surface area contributed by atoms with Crippen molar-refractivity contribution in [3.05, 3.63) is 22.2 Å². The first kappa shape index (κ1) is 17.6. The van der Waals surface area contributed by atoms with Gasteiger partial charge >= 0.3 is 13.5 Å². The molecule has 1 saturated heterocycles. The highest BCUT2D eigenvalue weighted by atomic mass is 31.2. The van der Waals surface area contributed by atoms with Crippen LogP contribution in [0.5, 0.6) is 0 Å². The summed E-state index contributed by atoms with van der Waals surface area (Å²) in [6, 6.07) is 0. The number of hydrogen-bond donors (Lipinski definition) is 5. The molecule has 1 aromatic rings. The van der Waals surface area contributed by atoms with Crippen LogP contribution < -0.4 is 11.4 Å². The maximum Gasteiger partial charge on any atom is 0.469 e. The van der Waals surface area contributed by atoms with E-state index in [2.05, 4.69) is 15.4 Å². The number of aromatic nitrogens is 2. The van der Waals surface area contributed by atoms with E-state index in [9.17, 15) is 19.6 Å². The number of nitrogens with two attached hydrogens (primary N) is 1. The number of rotatable bonds is 4. The Morgan fingerprint density at radius 3 is 2.70 bits per heavy atom. The summed E-state index contributed by atoms with van der Waals surface area (Å²) in [5, 5.41) is 19.8. The third-order valence-corrected chi connectivity index (χ3v) is 3.64. The second kappa shape index (κ2) is 6.38. The van der Waals surface area contributed by atoms with Crippen molar-refractivity contribution in [2.75, 3.05) is 12.3 Å². The summed E-state index contributed by atoms with van der Waals surface area (Å²) in [4.78, 5) is 32.6. The van der Waals surface area contributed by atoms with Gasteiger partial charge < -0.3 is 30.5 Å². The first-order chi connectivity index (χ1) is 10.6. The van der Waals surface area contributed by atoms with Crippen LogP contribution in [0.3, 0.4) is 0 Å². The van der Waals surface area contributed by atoms with Gasteiger partial charge in [-0.25, -0.2) is 9.36 Å². The van der Waals surface area contributed by atoms with E-state index < -0.39 is 44.7 Å². The van der Waals surface area contributed by atoms with Crippen molar-refractivity contribution in [3.8, 4) is 12.3 Å². The smallest absolute Gasteiger partial charge is 0.387 e. The molecule has 2 heterocycles. The number of hydrogen-bond acceptors (Lipinski definition) is 8. The number of anilines is 1. The Morgan fingerprint density at radius 1 is 1.48 bits per heavy atom. The zero-order valence-electron chi connectivity index (χ0n) is 11.5. The van der Waals surface area contributed by atoms with Crippen LogP contribution in [0.1, 0.15) is 11.8 Å². The molecular weight excluding hydrogens is 333 g/mol. The van der Waals surface area contributed by atoms with Gasteiger partial charge in [0.05, 0.1) is 12.2 Å². The minimum Gasteiger partial charge on any atom is -0.387 e. The van der Waals surface area contributed by atoms with Gasteiger partial charge in [-0.15, -0.1) is 6.42 Å². The number of phosphoric ester groups is 1. The fourth-order valence-electron chi connectivity index (χ4n) is 2.04. The van der Waals surface area contributed by atoms with Gasteiger partial charge in [-0.2, -0.15) is 4.98 Å². The van der Waals surface area contributed by atoms with E-state index in [1.807, 2.05) is 0 Å². The minimum atomic E-state index is -4.78. The predicted molar refractivity (Wildman–Crippen MR) is 74.8 cm³/mol. The molecule has 1 fully saturated rings. The SMILES string of the molecule is C#Cc1cn([C@@H]2O[C@H](COP(=O)(O)O)[C@@H](O)[C@H]2O)c(=O)nc1N. The largest absolute Gasteiger partial charge is 0.469 e. The zero-order chi connectivity index (χ0) is 17.4. The summed E-state index contributed by atoms with van der Waals surface area (Å²) in [5.41, 5.74) is 4.65. The Hall–Kier alpha value is -1.77. The van der Waals surface area contributed by atoms with Crippen molar-refractivity contribution in [2.24, 2.45) is 0 Å². The quantitative estimate of drug-likeness (QED) is 0.290. The number of nitrogen functional groups attached to an aromatic ring is 1. The number of aliphatic hydroxyl groups is 2. The van der Waals surface area contributed by atoms with E-state index in [0.29, 0.717) is 0 Å². The Kier molecular flexibility index (Phi) is 4.88. The van der Waals surface area contributed by atoms with Crippen molar-refractivity contribution in [2.45, 2.75) is 24.5 Å². The molecule has 1 aliphatic rings. The van der Waals surface area contributed by atoms with Gasteiger partial charge in [0.25, 0.3) is 0 Å². The number of nitrogens with zero attached hydrogens (tertiary/aromatic N) is 2. The standard InChI is InChI=1S/C11H14N3O8P/c1-2-5-3-14(11(17)13-9(5)12)10-8(16)7(15)6(22-10)4-21-23(18,19)20/h1,3,6-8,10,15-16H,4H2,(H2,12,13,17)(H2,18,19,20)/t6-,7-,8-,10-/m1/s1. The molecule has 126 valence electrons. The fraction of sp³-hybridized carbons (Fsp3) is 0.455. The van der Waals surface area contributed by atoms with Crippen LogP contribution in [0, 0.1) is 12.3 Å². The molecular formula is C11H14N3O8P. The Morgan fingerprint density at radius 2 is 2.13 bits per heavy atom. The predicted octanol–water partition coefficient (Wildman–Crippen LogP) is -2.46. The minimum absolute atomic E-state index is 0.0739. The molecule has 0 aliphatic carbocycles. The van der Waals surface area contributed by atoms with Crippen LogP contribution in [0.25, 0.3) is 0 Å². The summed E-state index contributed by atoms with van der Waals surface area (Å²) in [6.07, 6.45) is 0.557. The molecule has 6 N–H and O–H groups in total. The van der Waals surface area contributed by atoms with E-state index in [1.54, 1.807) is 0 Å². The molecule has 0 unspecified atom stereocenters. The lowest BCUT2D eigenvalue weighted by Crippen LogP contribution is -2.36.